The molecule has 2 saturated heterocycles. The highest BCUT2D eigenvalue weighted by molar-refractivity contribution is 7.19. The monoisotopic (exact) mass is 527 g/mol. The lowest BCUT2D eigenvalue weighted by atomic mass is 9.70. The van der Waals surface area contributed by atoms with Crippen molar-refractivity contribution in [2.45, 2.75) is 65.0 Å². The number of nitrogens with zero attached hydrogens (tertiary/aromatic N) is 7. The highest BCUT2D eigenvalue weighted by atomic mass is 32.1. The third-order valence-electron chi connectivity index (χ3n) is 8.30. The first-order chi connectivity index (χ1) is 17.8. The maximum absolute atomic E-state index is 13.7. The van der Waals surface area contributed by atoms with Crippen molar-refractivity contribution < 1.29 is 4.79 Å². The standard InChI is InChI=1S/C26H41N9OS/c1-18-15-21(30-27-16-18)35-10-7-20(17-35)28-24-31-32-25(37-24)29-23(36)22(34-13-11-33(4)12-14-34)19-5-8-26(2,3)9-6-19/h15-16,19-20,22H,5-14,17H2,1-4H3,(H,28,31)(H,29,32,36)/t20-,22?/m1/s1. The second-order valence-corrected chi connectivity index (χ2v) is 12.8. The Hall–Kier alpha value is -2.37. The maximum Gasteiger partial charge on any atom is 0.243 e. The first kappa shape index (κ1) is 26.2. The van der Waals surface area contributed by atoms with Crippen LogP contribution in [0, 0.1) is 18.3 Å². The Balaban J connectivity index is 1.20. The van der Waals surface area contributed by atoms with Gasteiger partial charge in [-0.15, -0.1) is 15.3 Å². The van der Waals surface area contributed by atoms with Crippen LogP contribution in [-0.4, -0.2) is 94.5 Å². The molecular weight excluding hydrogens is 486 g/mol. The van der Waals surface area contributed by atoms with Crippen molar-refractivity contribution >= 4 is 33.3 Å². The normalized spacial score (nSPS) is 24.2. The molecule has 11 heteroatoms. The fourth-order valence-electron chi connectivity index (χ4n) is 5.89. The summed E-state index contributed by atoms with van der Waals surface area (Å²) in [6.45, 7) is 12.4. The molecule has 4 heterocycles. The number of amides is 1. The number of aryl methyl sites for hydroxylation is 1. The van der Waals surface area contributed by atoms with Gasteiger partial charge >= 0.3 is 0 Å². The molecule has 1 amide bonds. The van der Waals surface area contributed by atoms with Gasteiger partial charge in [0.2, 0.25) is 16.2 Å². The van der Waals surface area contributed by atoms with Crippen LogP contribution in [0.25, 0.3) is 0 Å². The van der Waals surface area contributed by atoms with Gasteiger partial charge in [-0.2, -0.15) is 5.10 Å². The molecule has 1 aliphatic carbocycles. The van der Waals surface area contributed by atoms with E-state index in [-0.39, 0.29) is 18.0 Å². The van der Waals surface area contributed by atoms with E-state index in [0.717, 1.165) is 75.0 Å². The highest BCUT2D eigenvalue weighted by Crippen LogP contribution is 2.40. The van der Waals surface area contributed by atoms with E-state index in [2.05, 4.69) is 72.7 Å². The third-order valence-corrected chi connectivity index (χ3v) is 9.07. The van der Waals surface area contributed by atoms with Crippen molar-refractivity contribution in [2.24, 2.45) is 11.3 Å². The fraction of sp³-hybridized carbons (Fsp3) is 0.731. The molecule has 1 unspecified atom stereocenters. The largest absolute Gasteiger partial charge is 0.355 e. The quantitative estimate of drug-likeness (QED) is 0.562. The minimum atomic E-state index is -0.107. The molecule has 3 fully saturated rings. The second-order valence-electron chi connectivity index (χ2n) is 11.9. The van der Waals surface area contributed by atoms with Gasteiger partial charge in [-0.25, -0.2) is 0 Å². The first-order valence-electron chi connectivity index (χ1n) is 13.6. The lowest BCUT2D eigenvalue weighted by Gasteiger charge is -2.44. The van der Waals surface area contributed by atoms with E-state index in [1.807, 2.05) is 6.92 Å². The van der Waals surface area contributed by atoms with E-state index in [4.69, 9.17) is 0 Å². The molecule has 10 nitrogen and oxygen atoms in total. The highest BCUT2D eigenvalue weighted by Gasteiger charge is 2.39. The van der Waals surface area contributed by atoms with Crippen LogP contribution in [0.5, 0.6) is 0 Å². The van der Waals surface area contributed by atoms with Crippen molar-refractivity contribution in [2.75, 3.05) is 61.8 Å². The summed E-state index contributed by atoms with van der Waals surface area (Å²) >= 11 is 1.42. The maximum atomic E-state index is 13.7. The predicted octanol–water partition coefficient (Wildman–Crippen LogP) is 3.10. The Morgan fingerprint density at radius 2 is 1.78 bits per heavy atom. The SMILES string of the molecule is Cc1cnnc(N2CC[C@@H](Nc3nnc(NC(=O)C(C4CCC(C)(C)CC4)N4CCN(C)CC4)s3)C2)c1. The van der Waals surface area contributed by atoms with Crippen LogP contribution in [0.3, 0.4) is 0 Å². The molecule has 2 aliphatic heterocycles. The molecule has 2 aromatic rings. The van der Waals surface area contributed by atoms with Gasteiger partial charge in [0.25, 0.3) is 0 Å². The Morgan fingerprint density at radius 3 is 2.51 bits per heavy atom. The summed E-state index contributed by atoms with van der Waals surface area (Å²) in [5.74, 6) is 1.37. The summed E-state index contributed by atoms with van der Waals surface area (Å²) in [6.07, 6.45) is 7.31. The number of rotatable bonds is 7. The molecule has 0 spiro atoms. The van der Waals surface area contributed by atoms with Crippen molar-refractivity contribution in [3.8, 4) is 0 Å². The smallest absolute Gasteiger partial charge is 0.243 e. The predicted molar refractivity (Wildman–Crippen MR) is 148 cm³/mol. The summed E-state index contributed by atoms with van der Waals surface area (Å²) in [4.78, 5) is 20.7. The minimum absolute atomic E-state index is 0.0713. The number of hydrogen-bond acceptors (Lipinski definition) is 10. The Morgan fingerprint density at radius 1 is 1.05 bits per heavy atom. The zero-order valence-electron chi connectivity index (χ0n) is 22.6. The molecule has 0 radical (unpaired) electrons. The van der Waals surface area contributed by atoms with Crippen molar-refractivity contribution in [3.63, 3.8) is 0 Å². The average molecular weight is 528 g/mol. The molecule has 2 N–H and O–H groups in total. The molecule has 1 saturated carbocycles. The second kappa shape index (κ2) is 11.2. The lowest BCUT2D eigenvalue weighted by Crippen LogP contribution is -2.56. The molecule has 2 atom stereocenters. The Labute approximate surface area is 224 Å². The average Bonchev–Trinajstić information content (AvgIpc) is 3.51. The summed E-state index contributed by atoms with van der Waals surface area (Å²) in [6, 6.07) is 2.21. The third kappa shape index (κ3) is 6.56. The van der Waals surface area contributed by atoms with Crippen LogP contribution < -0.4 is 15.5 Å². The van der Waals surface area contributed by atoms with Crippen LogP contribution in [-0.2, 0) is 4.79 Å². The van der Waals surface area contributed by atoms with Crippen LogP contribution in [0.2, 0.25) is 0 Å². The van der Waals surface area contributed by atoms with E-state index >= 15 is 0 Å². The van der Waals surface area contributed by atoms with Gasteiger partial charge in [0.15, 0.2) is 5.82 Å². The van der Waals surface area contributed by atoms with E-state index in [1.165, 1.54) is 24.2 Å². The van der Waals surface area contributed by atoms with Gasteiger partial charge in [-0.05, 0) is 69.0 Å². The van der Waals surface area contributed by atoms with E-state index in [0.29, 0.717) is 16.5 Å². The van der Waals surface area contributed by atoms with Gasteiger partial charge in [0.1, 0.15) is 0 Å². The molecule has 3 aliphatic rings. The van der Waals surface area contributed by atoms with Crippen LogP contribution in [0.4, 0.5) is 16.1 Å². The van der Waals surface area contributed by atoms with E-state index < -0.39 is 0 Å². The summed E-state index contributed by atoms with van der Waals surface area (Å²) in [5.41, 5.74) is 1.49. The van der Waals surface area contributed by atoms with Crippen molar-refractivity contribution in [1.29, 1.82) is 0 Å². The van der Waals surface area contributed by atoms with Gasteiger partial charge in [-0.1, -0.05) is 25.2 Å². The lowest BCUT2D eigenvalue weighted by molar-refractivity contribution is -0.125. The Bertz CT molecular complexity index is 1060. The zero-order valence-corrected chi connectivity index (χ0v) is 23.4. The molecule has 37 heavy (non-hydrogen) atoms. The Kier molecular flexibility index (Phi) is 7.92. The number of piperazine rings is 1. The molecular formula is C26H41N9OS. The van der Waals surface area contributed by atoms with Crippen molar-refractivity contribution in [1.82, 2.24) is 30.2 Å². The van der Waals surface area contributed by atoms with Crippen LogP contribution in [0.1, 0.15) is 51.5 Å². The number of likely N-dealkylation sites (N-methyl/N-ethyl adjacent to an activating group) is 1. The molecule has 0 bridgehead atoms. The molecule has 2 aromatic heterocycles. The molecule has 202 valence electrons. The first-order valence-corrected chi connectivity index (χ1v) is 14.5. The van der Waals surface area contributed by atoms with Crippen LogP contribution >= 0.6 is 11.3 Å². The van der Waals surface area contributed by atoms with Gasteiger partial charge < -0.3 is 15.1 Å². The number of nitrogens with one attached hydrogen (secondary N) is 2. The topological polar surface area (TPSA) is 102 Å². The number of hydrogen-bond donors (Lipinski definition) is 2. The summed E-state index contributed by atoms with van der Waals surface area (Å²) in [5, 5.41) is 25.0. The zero-order chi connectivity index (χ0) is 26.0. The molecule has 0 aromatic carbocycles. The fourth-order valence-corrected chi connectivity index (χ4v) is 6.61. The number of carbonyl (C=O) groups is 1. The van der Waals surface area contributed by atoms with Gasteiger partial charge in [0.05, 0.1) is 12.2 Å². The number of anilines is 3. The molecule has 5 rings (SSSR count). The number of aromatic nitrogens is 4. The van der Waals surface area contributed by atoms with Gasteiger partial charge in [0, 0.05) is 45.3 Å². The number of carbonyl (C=O) groups excluding carboxylic acids is 1. The minimum Gasteiger partial charge on any atom is -0.355 e. The van der Waals surface area contributed by atoms with Gasteiger partial charge in [-0.3, -0.25) is 15.0 Å². The van der Waals surface area contributed by atoms with Crippen LogP contribution in [0.15, 0.2) is 12.3 Å². The van der Waals surface area contributed by atoms with Crippen molar-refractivity contribution in [3.05, 3.63) is 17.8 Å². The van der Waals surface area contributed by atoms with E-state index in [9.17, 15) is 4.79 Å². The van der Waals surface area contributed by atoms with E-state index in [1.54, 1.807) is 6.20 Å². The summed E-state index contributed by atoms with van der Waals surface area (Å²) < 4.78 is 0. The summed E-state index contributed by atoms with van der Waals surface area (Å²) in [7, 11) is 2.16.